The Bertz CT molecular complexity index is 460. The third kappa shape index (κ3) is 5.28. The molecule has 0 radical (unpaired) electrons. The zero-order chi connectivity index (χ0) is 15.8. The number of aryl methyl sites for hydroxylation is 1. The molecule has 1 heterocycles. The maximum atomic E-state index is 12.3. The van der Waals surface area contributed by atoms with Gasteiger partial charge in [0, 0.05) is 26.3 Å². The third-order valence-corrected chi connectivity index (χ3v) is 5.03. The molecule has 1 amide bonds. The van der Waals surface area contributed by atoms with Crippen molar-refractivity contribution in [2.75, 3.05) is 13.7 Å². The molecule has 7 heteroatoms. The summed E-state index contributed by atoms with van der Waals surface area (Å²) in [4.78, 5) is 12.3. The van der Waals surface area contributed by atoms with Crippen molar-refractivity contribution in [1.29, 1.82) is 0 Å². The van der Waals surface area contributed by atoms with E-state index in [1.54, 1.807) is 13.4 Å². The summed E-state index contributed by atoms with van der Waals surface area (Å²) < 4.78 is 7.04. The Morgan fingerprint density at radius 1 is 1.50 bits per heavy atom. The molecule has 2 rings (SSSR count). The molecule has 1 aliphatic rings. The van der Waals surface area contributed by atoms with E-state index in [-0.39, 0.29) is 11.2 Å². The Morgan fingerprint density at radius 3 is 3.00 bits per heavy atom. The quantitative estimate of drug-likeness (QED) is 0.586. The van der Waals surface area contributed by atoms with E-state index in [2.05, 4.69) is 15.5 Å². The highest BCUT2D eigenvalue weighted by Gasteiger charge is 2.21. The van der Waals surface area contributed by atoms with Gasteiger partial charge in [0.2, 0.25) is 5.91 Å². The van der Waals surface area contributed by atoms with Crippen LogP contribution in [0.25, 0.3) is 0 Å². The normalized spacial score (nSPS) is 17.4. The van der Waals surface area contributed by atoms with Crippen molar-refractivity contribution in [3.8, 4) is 0 Å². The largest absolute Gasteiger partial charge is 0.385 e. The van der Waals surface area contributed by atoms with Gasteiger partial charge in [-0.3, -0.25) is 4.79 Å². The van der Waals surface area contributed by atoms with Crippen LogP contribution in [0.4, 0.5) is 0 Å². The molecule has 0 bridgehead atoms. The maximum absolute atomic E-state index is 12.3. The van der Waals surface area contributed by atoms with Gasteiger partial charge in [-0.05, 0) is 26.2 Å². The van der Waals surface area contributed by atoms with Gasteiger partial charge in [0.15, 0.2) is 5.16 Å². The Balaban J connectivity index is 1.81. The molecule has 22 heavy (non-hydrogen) atoms. The van der Waals surface area contributed by atoms with Crippen molar-refractivity contribution in [2.45, 2.75) is 68.4 Å². The molecule has 1 saturated carbocycles. The van der Waals surface area contributed by atoms with Crippen LogP contribution in [0.15, 0.2) is 11.5 Å². The van der Waals surface area contributed by atoms with Crippen LogP contribution in [-0.2, 0) is 16.1 Å². The number of hydrogen-bond donors (Lipinski definition) is 1. The Kier molecular flexibility index (Phi) is 7.18. The molecule has 0 aromatic carbocycles. The van der Waals surface area contributed by atoms with E-state index in [9.17, 15) is 4.79 Å². The summed E-state index contributed by atoms with van der Waals surface area (Å²) in [5.74, 6) is 0.100. The number of hydrogen-bond acceptors (Lipinski definition) is 5. The van der Waals surface area contributed by atoms with Gasteiger partial charge < -0.3 is 14.6 Å². The van der Waals surface area contributed by atoms with Gasteiger partial charge in [-0.1, -0.05) is 31.0 Å². The summed E-state index contributed by atoms with van der Waals surface area (Å²) in [7, 11) is 1.69. The van der Waals surface area contributed by atoms with Gasteiger partial charge in [-0.25, -0.2) is 0 Å². The van der Waals surface area contributed by atoms with E-state index < -0.39 is 0 Å². The van der Waals surface area contributed by atoms with Crippen molar-refractivity contribution in [2.24, 2.45) is 0 Å². The highest BCUT2D eigenvalue weighted by Crippen LogP contribution is 2.23. The van der Waals surface area contributed by atoms with Crippen LogP contribution in [-0.4, -0.2) is 45.7 Å². The Morgan fingerprint density at radius 2 is 2.27 bits per heavy atom. The number of amides is 1. The lowest BCUT2D eigenvalue weighted by atomic mass is 9.95. The topological polar surface area (TPSA) is 69.0 Å². The first-order valence-electron chi connectivity index (χ1n) is 8.04. The molecule has 124 valence electrons. The van der Waals surface area contributed by atoms with Crippen LogP contribution in [0.1, 0.15) is 45.4 Å². The van der Waals surface area contributed by atoms with Crippen LogP contribution >= 0.6 is 11.8 Å². The lowest BCUT2D eigenvalue weighted by Crippen LogP contribution is -2.40. The van der Waals surface area contributed by atoms with Gasteiger partial charge >= 0.3 is 0 Å². The van der Waals surface area contributed by atoms with E-state index in [0.29, 0.717) is 12.6 Å². The maximum Gasteiger partial charge on any atom is 0.233 e. The molecule has 1 aromatic heterocycles. The molecule has 1 fully saturated rings. The van der Waals surface area contributed by atoms with Crippen LogP contribution < -0.4 is 5.32 Å². The molecular weight excluding hydrogens is 300 g/mol. The monoisotopic (exact) mass is 326 g/mol. The lowest BCUT2D eigenvalue weighted by molar-refractivity contribution is -0.121. The van der Waals surface area contributed by atoms with Crippen molar-refractivity contribution in [3.05, 3.63) is 6.33 Å². The summed E-state index contributed by atoms with van der Waals surface area (Å²) in [5, 5.41) is 11.9. The van der Waals surface area contributed by atoms with Crippen LogP contribution in [0.5, 0.6) is 0 Å². The molecule has 0 aliphatic heterocycles. The zero-order valence-corrected chi connectivity index (χ0v) is 14.3. The zero-order valence-electron chi connectivity index (χ0n) is 13.5. The number of nitrogens with one attached hydrogen (secondary N) is 1. The average molecular weight is 326 g/mol. The molecule has 1 aromatic rings. The molecular formula is C15H26N4O2S. The number of carbonyl (C=O) groups is 1. The summed E-state index contributed by atoms with van der Waals surface area (Å²) in [6.45, 7) is 3.44. The van der Waals surface area contributed by atoms with Crippen molar-refractivity contribution in [1.82, 2.24) is 20.1 Å². The van der Waals surface area contributed by atoms with E-state index in [4.69, 9.17) is 4.74 Å². The fourth-order valence-electron chi connectivity index (χ4n) is 2.65. The van der Waals surface area contributed by atoms with Crippen molar-refractivity contribution >= 4 is 17.7 Å². The first-order valence-corrected chi connectivity index (χ1v) is 8.92. The highest BCUT2D eigenvalue weighted by atomic mass is 32.2. The Hall–Kier alpha value is -1.08. The van der Waals surface area contributed by atoms with E-state index in [1.807, 2.05) is 11.5 Å². The number of aromatic nitrogens is 3. The minimum Gasteiger partial charge on any atom is -0.385 e. The van der Waals surface area contributed by atoms with Crippen molar-refractivity contribution < 1.29 is 9.53 Å². The summed E-state index contributed by atoms with van der Waals surface area (Å²) in [6, 6.07) is 0.351. The number of carbonyl (C=O) groups excluding carboxylic acids is 1. The van der Waals surface area contributed by atoms with Crippen LogP contribution in [0, 0.1) is 0 Å². The fraction of sp³-hybridized carbons (Fsp3) is 0.800. The van der Waals surface area contributed by atoms with Gasteiger partial charge in [-0.15, -0.1) is 10.2 Å². The predicted octanol–water partition coefficient (Wildman–Crippen LogP) is 2.24. The first-order chi connectivity index (χ1) is 10.7. The van der Waals surface area contributed by atoms with Gasteiger partial charge in [0.05, 0.1) is 5.25 Å². The number of nitrogens with zero attached hydrogens (tertiary/aromatic N) is 3. The van der Waals surface area contributed by atoms with Gasteiger partial charge in [-0.2, -0.15) is 0 Å². The van der Waals surface area contributed by atoms with Crippen LogP contribution in [0.2, 0.25) is 0 Å². The Labute approximate surface area is 136 Å². The second-order valence-electron chi connectivity index (χ2n) is 5.76. The van der Waals surface area contributed by atoms with Gasteiger partial charge in [0.25, 0.3) is 0 Å². The summed E-state index contributed by atoms with van der Waals surface area (Å²) in [6.07, 6.45) is 8.57. The number of methoxy groups -OCH3 is 1. The standard InChI is InChI=1S/C15H26N4O2S/c1-12(14(20)17-13-7-4-3-5-8-13)22-15-18-16-11-19(15)9-6-10-21-2/h11-13H,3-10H2,1-2H3,(H,17,20). The molecule has 1 atom stereocenters. The number of thioether (sulfide) groups is 1. The van der Waals surface area contributed by atoms with E-state index >= 15 is 0 Å². The molecule has 1 N–H and O–H groups in total. The average Bonchev–Trinajstić information content (AvgIpc) is 2.96. The number of ether oxygens (including phenoxy) is 1. The second-order valence-corrected chi connectivity index (χ2v) is 7.06. The minimum atomic E-state index is -0.160. The molecule has 0 spiro atoms. The minimum absolute atomic E-state index is 0.100. The first kappa shape index (κ1) is 17.3. The number of rotatable bonds is 8. The SMILES string of the molecule is COCCCn1cnnc1SC(C)C(=O)NC1CCCCC1. The molecule has 0 saturated heterocycles. The van der Waals surface area contributed by atoms with E-state index in [0.717, 1.165) is 31.0 Å². The fourth-order valence-corrected chi connectivity index (χ4v) is 3.50. The summed E-state index contributed by atoms with van der Waals surface area (Å²) in [5.41, 5.74) is 0. The third-order valence-electron chi connectivity index (χ3n) is 3.93. The van der Waals surface area contributed by atoms with Gasteiger partial charge in [0.1, 0.15) is 6.33 Å². The van der Waals surface area contributed by atoms with Crippen molar-refractivity contribution in [3.63, 3.8) is 0 Å². The van der Waals surface area contributed by atoms with E-state index in [1.165, 1.54) is 31.0 Å². The molecule has 1 aliphatic carbocycles. The van der Waals surface area contributed by atoms with Crippen LogP contribution in [0.3, 0.4) is 0 Å². The smallest absolute Gasteiger partial charge is 0.233 e. The second kappa shape index (κ2) is 9.15. The summed E-state index contributed by atoms with van der Waals surface area (Å²) >= 11 is 1.47. The predicted molar refractivity (Wildman–Crippen MR) is 86.8 cm³/mol. The molecule has 6 nitrogen and oxygen atoms in total. The lowest BCUT2D eigenvalue weighted by Gasteiger charge is -2.24. The highest BCUT2D eigenvalue weighted by molar-refractivity contribution is 8.00. The molecule has 1 unspecified atom stereocenters.